The number of nitrogens with one attached hydrogen (secondary N) is 2. The second-order valence-corrected chi connectivity index (χ2v) is 3.00. The minimum Gasteiger partial charge on any atom is -0.393 e. The summed E-state index contributed by atoms with van der Waals surface area (Å²) in [5.41, 5.74) is 2.16. The predicted molar refractivity (Wildman–Crippen MR) is 57.0 cm³/mol. The molecule has 0 saturated heterocycles. The molecule has 14 heavy (non-hydrogen) atoms. The van der Waals surface area contributed by atoms with Crippen molar-refractivity contribution in [2.45, 2.75) is 6.92 Å². The Morgan fingerprint density at radius 3 is 2.71 bits per heavy atom. The van der Waals surface area contributed by atoms with Gasteiger partial charge in [-0.2, -0.15) is 0 Å². The summed E-state index contributed by atoms with van der Waals surface area (Å²) < 4.78 is 13.0. The molecule has 0 atom stereocenters. The van der Waals surface area contributed by atoms with Crippen molar-refractivity contribution in [3.05, 3.63) is 41.3 Å². The maximum atomic E-state index is 13.0. The van der Waals surface area contributed by atoms with Crippen molar-refractivity contribution in [1.82, 2.24) is 5.32 Å². The Kier molecular flexibility index (Phi) is 3.40. The van der Waals surface area contributed by atoms with Crippen molar-refractivity contribution in [3.8, 4) is 0 Å². The van der Waals surface area contributed by atoms with Crippen LogP contribution in [0.3, 0.4) is 0 Å². The first-order valence-electron chi connectivity index (χ1n) is 4.33. The fourth-order valence-corrected chi connectivity index (χ4v) is 1.19. The molecule has 0 aromatic heterocycles. The molecule has 0 fully saturated rings. The van der Waals surface area contributed by atoms with Crippen LogP contribution < -0.4 is 5.32 Å². The maximum absolute atomic E-state index is 13.0. The SMILES string of the molecule is CN/C=C(\C=N)c1ccc(F)c(C)c1. The number of halogens is 1. The maximum Gasteiger partial charge on any atom is 0.126 e. The highest BCUT2D eigenvalue weighted by Crippen LogP contribution is 2.15. The van der Waals surface area contributed by atoms with E-state index in [1.807, 2.05) is 0 Å². The van der Waals surface area contributed by atoms with Crippen molar-refractivity contribution in [3.63, 3.8) is 0 Å². The van der Waals surface area contributed by atoms with E-state index in [2.05, 4.69) is 5.32 Å². The number of allylic oxidation sites excluding steroid dienone is 1. The van der Waals surface area contributed by atoms with Crippen LogP contribution in [0.15, 0.2) is 24.4 Å². The standard InChI is InChI=1S/C11H13FN2/c1-8-5-9(3-4-11(8)12)10(6-13)7-14-2/h3-7,13-14H,1-2H3/b10-7+,13-6?. The first-order valence-corrected chi connectivity index (χ1v) is 4.33. The lowest BCUT2D eigenvalue weighted by molar-refractivity contribution is 0.618. The van der Waals surface area contributed by atoms with Gasteiger partial charge in [-0.15, -0.1) is 0 Å². The molecule has 1 aromatic rings. The molecule has 74 valence electrons. The first kappa shape index (κ1) is 10.4. The van der Waals surface area contributed by atoms with Gasteiger partial charge in [0.25, 0.3) is 0 Å². The number of aryl methyl sites for hydroxylation is 1. The van der Waals surface area contributed by atoms with E-state index in [0.29, 0.717) is 5.56 Å². The van der Waals surface area contributed by atoms with Crippen LogP contribution in [0.25, 0.3) is 5.57 Å². The third kappa shape index (κ3) is 2.19. The Morgan fingerprint density at radius 1 is 1.50 bits per heavy atom. The molecule has 2 N–H and O–H groups in total. The third-order valence-electron chi connectivity index (χ3n) is 1.95. The van der Waals surface area contributed by atoms with Crippen LogP contribution in [0.2, 0.25) is 0 Å². The molecular weight excluding hydrogens is 179 g/mol. The third-order valence-corrected chi connectivity index (χ3v) is 1.95. The van der Waals surface area contributed by atoms with Gasteiger partial charge in [-0.1, -0.05) is 6.07 Å². The molecule has 0 unspecified atom stereocenters. The van der Waals surface area contributed by atoms with Crippen LogP contribution in [-0.2, 0) is 0 Å². The van der Waals surface area contributed by atoms with Gasteiger partial charge < -0.3 is 10.7 Å². The molecular formula is C11H13FN2. The van der Waals surface area contributed by atoms with E-state index in [0.717, 1.165) is 11.1 Å². The van der Waals surface area contributed by atoms with Crippen molar-refractivity contribution < 1.29 is 4.39 Å². The molecule has 0 aliphatic carbocycles. The van der Waals surface area contributed by atoms with Crippen LogP contribution >= 0.6 is 0 Å². The zero-order valence-electron chi connectivity index (χ0n) is 8.26. The summed E-state index contributed by atoms with van der Waals surface area (Å²) in [7, 11) is 1.76. The van der Waals surface area contributed by atoms with Gasteiger partial charge in [0.05, 0.1) is 0 Å². The molecule has 0 spiro atoms. The lowest BCUT2D eigenvalue weighted by Crippen LogP contribution is -1.97. The zero-order chi connectivity index (χ0) is 10.6. The van der Waals surface area contributed by atoms with E-state index < -0.39 is 0 Å². The smallest absolute Gasteiger partial charge is 0.126 e. The molecule has 0 aliphatic heterocycles. The normalized spacial score (nSPS) is 11.2. The van der Waals surface area contributed by atoms with Gasteiger partial charge in [0.2, 0.25) is 0 Å². The van der Waals surface area contributed by atoms with E-state index in [-0.39, 0.29) is 5.82 Å². The van der Waals surface area contributed by atoms with Crippen molar-refractivity contribution >= 4 is 11.8 Å². The summed E-state index contributed by atoms with van der Waals surface area (Å²) in [4.78, 5) is 0. The fourth-order valence-electron chi connectivity index (χ4n) is 1.19. The highest BCUT2D eigenvalue weighted by Gasteiger charge is 2.01. The lowest BCUT2D eigenvalue weighted by atomic mass is 10.1. The van der Waals surface area contributed by atoms with Crippen molar-refractivity contribution in [2.24, 2.45) is 0 Å². The van der Waals surface area contributed by atoms with Crippen molar-refractivity contribution in [2.75, 3.05) is 7.05 Å². The molecule has 3 heteroatoms. The molecule has 0 saturated carbocycles. The van der Waals surface area contributed by atoms with Gasteiger partial charge in [0.15, 0.2) is 0 Å². The summed E-state index contributed by atoms with van der Waals surface area (Å²) in [5.74, 6) is -0.220. The Labute approximate surface area is 83.0 Å². The van der Waals surface area contributed by atoms with Crippen LogP contribution in [-0.4, -0.2) is 13.3 Å². The van der Waals surface area contributed by atoms with Gasteiger partial charge in [-0.25, -0.2) is 4.39 Å². The average Bonchev–Trinajstić information content (AvgIpc) is 2.19. The number of hydrogen-bond acceptors (Lipinski definition) is 2. The molecule has 0 heterocycles. The van der Waals surface area contributed by atoms with E-state index >= 15 is 0 Å². The van der Waals surface area contributed by atoms with Crippen LogP contribution in [0.5, 0.6) is 0 Å². The highest BCUT2D eigenvalue weighted by molar-refractivity contribution is 6.08. The fraction of sp³-hybridized carbons (Fsp3) is 0.182. The highest BCUT2D eigenvalue weighted by atomic mass is 19.1. The molecule has 0 aliphatic rings. The Morgan fingerprint density at radius 2 is 2.21 bits per heavy atom. The molecule has 0 radical (unpaired) electrons. The summed E-state index contributed by atoms with van der Waals surface area (Å²) >= 11 is 0. The van der Waals surface area contributed by atoms with Gasteiger partial charge in [-0.05, 0) is 30.2 Å². The summed E-state index contributed by atoms with van der Waals surface area (Å²) in [6.45, 7) is 1.71. The Balaban J connectivity index is 3.12. The van der Waals surface area contributed by atoms with E-state index in [4.69, 9.17) is 5.41 Å². The molecule has 2 nitrogen and oxygen atoms in total. The largest absolute Gasteiger partial charge is 0.393 e. The molecule has 0 amide bonds. The van der Waals surface area contributed by atoms with Crippen LogP contribution in [0.1, 0.15) is 11.1 Å². The Hall–Kier alpha value is -1.64. The van der Waals surface area contributed by atoms with E-state index in [1.165, 1.54) is 12.3 Å². The zero-order valence-corrected chi connectivity index (χ0v) is 8.26. The van der Waals surface area contributed by atoms with E-state index in [9.17, 15) is 4.39 Å². The minimum atomic E-state index is -0.220. The number of rotatable bonds is 3. The van der Waals surface area contributed by atoms with Gasteiger partial charge >= 0.3 is 0 Å². The second-order valence-electron chi connectivity index (χ2n) is 3.00. The van der Waals surface area contributed by atoms with Gasteiger partial charge in [0, 0.05) is 25.0 Å². The Bertz CT molecular complexity index is 370. The summed E-state index contributed by atoms with van der Waals surface area (Å²) in [6, 6.07) is 4.80. The van der Waals surface area contributed by atoms with E-state index in [1.54, 1.807) is 32.3 Å². The van der Waals surface area contributed by atoms with Crippen LogP contribution in [0.4, 0.5) is 4.39 Å². The molecule has 1 aromatic carbocycles. The minimum absolute atomic E-state index is 0.220. The average molecular weight is 192 g/mol. The number of hydrogen-bond donors (Lipinski definition) is 2. The monoisotopic (exact) mass is 192 g/mol. The molecule has 1 rings (SSSR count). The number of benzene rings is 1. The summed E-state index contributed by atoms with van der Waals surface area (Å²) in [5, 5.41) is 10.0. The molecule has 0 bridgehead atoms. The first-order chi connectivity index (χ1) is 6.69. The second kappa shape index (κ2) is 4.56. The quantitative estimate of drug-likeness (QED) is 0.708. The van der Waals surface area contributed by atoms with Crippen molar-refractivity contribution in [1.29, 1.82) is 5.41 Å². The lowest BCUT2D eigenvalue weighted by Gasteiger charge is -2.03. The van der Waals surface area contributed by atoms with Crippen LogP contribution in [0, 0.1) is 18.2 Å². The predicted octanol–water partition coefficient (Wildman–Crippen LogP) is 2.34. The topological polar surface area (TPSA) is 35.9 Å². The van der Waals surface area contributed by atoms with Gasteiger partial charge in [-0.3, -0.25) is 0 Å². The van der Waals surface area contributed by atoms with Gasteiger partial charge in [0.1, 0.15) is 5.82 Å². The summed E-state index contributed by atoms with van der Waals surface area (Å²) in [6.07, 6.45) is 2.95.